The van der Waals surface area contributed by atoms with E-state index < -0.39 is 0 Å². The fourth-order valence-electron chi connectivity index (χ4n) is 2.12. The van der Waals surface area contributed by atoms with Crippen LogP contribution in [0, 0.1) is 17.2 Å². The molecule has 1 unspecified atom stereocenters. The fraction of sp³-hybridized carbons (Fsp3) is 0.400. The number of carbonyl (C=O) groups is 2. The minimum atomic E-state index is -0.320. The van der Waals surface area contributed by atoms with Gasteiger partial charge in [0.2, 0.25) is 0 Å². The van der Waals surface area contributed by atoms with Gasteiger partial charge in [0.15, 0.2) is 12.4 Å². The van der Waals surface area contributed by atoms with Gasteiger partial charge in [0, 0.05) is 12.1 Å². The van der Waals surface area contributed by atoms with Gasteiger partial charge in [0.25, 0.3) is 0 Å². The van der Waals surface area contributed by atoms with Gasteiger partial charge < -0.3 is 10.1 Å². The standard InChI is InChI=1S/C15H16N2O3/c16-8-11-3-5-12(6-4-11)14(18)10-20-15(19)13-2-1-7-17-9-13/h3-6,13,17H,1-2,7,9-10H2. The van der Waals surface area contributed by atoms with Crippen LogP contribution in [0.25, 0.3) is 0 Å². The molecule has 1 aromatic rings. The Kier molecular flexibility index (Phi) is 4.85. The third-order valence-corrected chi connectivity index (χ3v) is 3.31. The number of carbonyl (C=O) groups excluding carboxylic acids is 2. The van der Waals surface area contributed by atoms with Crippen LogP contribution in [0.4, 0.5) is 0 Å². The summed E-state index contributed by atoms with van der Waals surface area (Å²) < 4.78 is 5.06. The van der Waals surface area contributed by atoms with Crippen molar-refractivity contribution in [3.8, 4) is 6.07 Å². The monoisotopic (exact) mass is 272 g/mol. The highest BCUT2D eigenvalue weighted by atomic mass is 16.5. The van der Waals surface area contributed by atoms with E-state index in [0.29, 0.717) is 17.7 Å². The SMILES string of the molecule is N#Cc1ccc(C(=O)COC(=O)C2CCCNC2)cc1. The lowest BCUT2D eigenvalue weighted by molar-refractivity contribution is -0.147. The Morgan fingerprint density at radius 3 is 2.70 bits per heavy atom. The third kappa shape index (κ3) is 3.65. The van der Waals surface area contributed by atoms with Crippen LogP contribution >= 0.6 is 0 Å². The van der Waals surface area contributed by atoms with Crippen molar-refractivity contribution in [2.45, 2.75) is 12.8 Å². The Morgan fingerprint density at radius 1 is 1.35 bits per heavy atom. The number of nitrogens with zero attached hydrogens (tertiary/aromatic N) is 1. The molecule has 1 N–H and O–H groups in total. The molecule has 2 rings (SSSR count). The number of ether oxygens (including phenoxy) is 1. The summed E-state index contributed by atoms with van der Waals surface area (Å²) in [4.78, 5) is 23.6. The van der Waals surface area contributed by atoms with E-state index in [1.807, 2.05) is 6.07 Å². The summed E-state index contributed by atoms with van der Waals surface area (Å²) in [6.07, 6.45) is 1.75. The van der Waals surface area contributed by atoms with Crippen molar-refractivity contribution in [3.05, 3.63) is 35.4 Å². The van der Waals surface area contributed by atoms with Crippen LogP contribution in [0.5, 0.6) is 0 Å². The molecular weight excluding hydrogens is 256 g/mol. The van der Waals surface area contributed by atoms with E-state index in [2.05, 4.69) is 5.32 Å². The van der Waals surface area contributed by atoms with Crippen LogP contribution < -0.4 is 5.32 Å². The van der Waals surface area contributed by atoms with Gasteiger partial charge in [-0.3, -0.25) is 9.59 Å². The molecule has 0 aromatic heterocycles. The summed E-state index contributed by atoms with van der Waals surface area (Å²) in [5.74, 6) is -0.733. The molecule has 1 aliphatic heterocycles. The van der Waals surface area contributed by atoms with E-state index in [4.69, 9.17) is 10.00 Å². The second-order valence-corrected chi connectivity index (χ2v) is 4.76. The maximum absolute atomic E-state index is 11.9. The Balaban J connectivity index is 1.84. The van der Waals surface area contributed by atoms with Crippen molar-refractivity contribution in [1.82, 2.24) is 5.32 Å². The van der Waals surface area contributed by atoms with Gasteiger partial charge in [-0.15, -0.1) is 0 Å². The normalized spacial score (nSPS) is 18.1. The molecule has 0 aliphatic carbocycles. The first-order valence-electron chi connectivity index (χ1n) is 6.61. The van der Waals surface area contributed by atoms with Crippen LogP contribution in [0.1, 0.15) is 28.8 Å². The molecule has 0 bridgehead atoms. The first-order valence-corrected chi connectivity index (χ1v) is 6.61. The van der Waals surface area contributed by atoms with E-state index in [9.17, 15) is 9.59 Å². The molecule has 0 radical (unpaired) electrons. The van der Waals surface area contributed by atoms with Crippen molar-refractivity contribution >= 4 is 11.8 Å². The molecule has 1 heterocycles. The second kappa shape index (κ2) is 6.83. The zero-order valence-corrected chi connectivity index (χ0v) is 11.1. The molecule has 1 saturated heterocycles. The molecule has 5 heteroatoms. The molecule has 104 valence electrons. The van der Waals surface area contributed by atoms with Crippen molar-refractivity contribution < 1.29 is 14.3 Å². The van der Waals surface area contributed by atoms with Crippen LogP contribution in [0.15, 0.2) is 24.3 Å². The topological polar surface area (TPSA) is 79.2 Å². The number of nitrogens with one attached hydrogen (secondary N) is 1. The second-order valence-electron chi connectivity index (χ2n) is 4.76. The number of ketones is 1. The minimum absolute atomic E-state index is 0.155. The van der Waals surface area contributed by atoms with Gasteiger partial charge in [-0.2, -0.15) is 5.26 Å². The first-order chi connectivity index (χ1) is 9.70. The predicted octanol–water partition coefficient (Wildman–Crippen LogP) is 1.28. The average Bonchev–Trinajstić information content (AvgIpc) is 2.53. The van der Waals surface area contributed by atoms with Gasteiger partial charge in [0.05, 0.1) is 17.6 Å². The van der Waals surface area contributed by atoms with E-state index >= 15 is 0 Å². The van der Waals surface area contributed by atoms with Crippen molar-refractivity contribution in [2.75, 3.05) is 19.7 Å². The smallest absolute Gasteiger partial charge is 0.310 e. The van der Waals surface area contributed by atoms with Gasteiger partial charge in [-0.25, -0.2) is 0 Å². The summed E-state index contributed by atoms with van der Waals surface area (Å²) in [5, 5.41) is 11.8. The Hall–Kier alpha value is -2.19. The lowest BCUT2D eigenvalue weighted by atomic mass is 10.00. The summed E-state index contributed by atoms with van der Waals surface area (Å²) in [6.45, 7) is 1.29. The molecule has 0 saturated carbocycles. The molecule has 1 aromatic carbocycles. The van der Waals surface area contributed by atoms with Gasteiger partial charge in [-0.05, 0) is 43.7 Å². The number of nitriles is 1. The maximum atomic E-state index is 11.9. The molecule has 0 spiro atoms. The summed E-state index contributed by atoms with van der Waals surface area (Å²) in [5.41, 5.74) is 0.936. The zero-order chi connectivity index (χ0) is 14.4. The number of hydrogen-bond donors (Lipinski definition) is 1. The Morgan fingerprint density at radius 2 is 2.10 bits per heavy atom. The highest BCUT2D eigenvalue weighted by molar-refractivity contribution is 5.98. The quantitative estimate of drug-likeness (QED) is 0.660. The molecule has 1 fully saturated rings. The van der Waals surface area contributed by atoms with Crippen molar-refractivity contribution in [1.29, 1.82) is 5.26 Å². The molecule has 20 heavy (non-hydrogen) atoms. The number of benzene rings is 1. The highest BCUT2D eigenvalue weighted by Crippen LogP contribution is 2.12. The van der Waals surface area contributed by atoms with E-state index in [1.54, 1.807) is 24.3 Å². The molecule has 1 atom stereocenters. The predicted molar refractivity (Wildman–Crippen MR) is 72.0 cm³/mol. The van der Waals surface area contributed by atoms with Gasteiger partial charge in [-0.1, -0.05) is 0 Å². The average molecular weight is 272 g/mol. The highest BCUT2D eigenvalue weighted by Gasteiger charge is 2.23. The number of Topliss-reactive ketones (excluding diaryl/α,β-unsaturated/α-hetero) is 1. The number of rotatable bonds is 4. The van der Waals surface area contributed by atoms with Crippen molar-refractivity contribution in [2.24, 2.45) is 5.92 Å². The largest absolute Gasteiger partial charge is 0.457 e. The number of esters is 1. The van der Waals surface area contributed by atoms with Gasteiger partial charge in [0.1, 0.15) is 0 Å². The summed E-state index contributed by atoms with van der Waals surface area (Å²) >= 11 is 0. The summed E-state index contributed by atoms with van der Waals surface area (Å²) in [6, 6.07) is 8.25. The first kappa shape index (κ1) is 14.2. The fourth-order valence-corrected chi connectivity index (χ4v) is 2.12. The third-order valence-electron chi connectivity index (χ3n) is 3.31. The number of hydrogen-bond acceptors (Lipinski definition) is 5. The van der Waals surface area contributed by atoms with Crippen LogP contribution in [-0.4, -0.2) is 31.4 Å². The zero-order valence-electron chi connectivity index (χ0n) is 11.1. The minimum Gasteiger partial charge on any atom is -0.457 e. The molecule has 5 nitrogen and oxygen atoms in total. The Labute approximate surface area is 117 Å². The number of piperidine rings is 1. The maximum Gasteiger partial charge on any atom is 0.310 e. The lowest BCUT2D eigenvalue weighted by Crippen LogP contribution is -2.35. The van der Waals surface area contributed by atoms with E-state index in [-0.39, 0.29) is 24.3 Å². The van der Waals surface area contributed by atoms with E-state index in [0.717, 1.165) is 19.4 Å². The van der Waals surface area contributed by atoms with E-state index in [1.165, 1.54) is 0 Å². The van der Waals surface area contributed by atoms with Crippen LogP contribution in [0.2, 0.25) is 0 Å². The molecule has 0 amide bonds. The van der Waals surface area contributed by atoms with Crippen molar-refractivity contribution in [3.63, 3.8) is 0 Å². The summed E-state index contributed by atoms with van der Waals surface area (Å²) in [7, 11) is 0. The molecule has 1 aliphatic rings. The Bertz CT molecular complexity index is 525. The molecular formula is C15H16N2O3. The lowest BCUT2D eigenvalue weighted by Gasteiger charge is -2.20. The van der Waals surface area contributed by atoms with Crippen LogP contribution in [0.3, 0.4) is 0 Å². The van der Waals surface area contributed by atoms with Crippen LogP contribution in [-0.2, 0) is 9.53 Å². The van der Waals surface area contributed by atoms with Gasteiger partial charge >= 0.3 is 5.97 Å².